The molecule has 0 bridgehead atoms. The highest BCUT2D eigenvalue weighted by atomic mass is 32.1. The zero-order valence-electron chi connectivity index (χ0n) is 15.8. The molecule has 0 radical (unpaired) electrons. The molecule has 28 heavy (non-hydrogen) atoms. The van der Waals surface area contributed by atoms with Crippen LogP contribution in [-0.2, 0) is 11.3 Å². The molecule has 0 spiro atoms. The van der Waals surface area contributed by atoms with Gasteiger partial charge in [0.15, 0.2) is 0 Å². The average Bonchev–Trinajstić information content (AvgIpc) is 3.34. The number of hydrogen-bond acceptors (Lipinski definition) is 5. The van der Waals surface area contributed by atoms with Gasteiger partial charge in [-0.2, -0.15) is 0 Å². The van der Waals surface area contributed by atoms with Gasteiger partial charge in [0.05, 0.1) is 18.0 Å². The van der Waals surface area contributed by atoms with Crippen molar-refractivity contribution in [3.05, 3.63) is 76.5 Å². The van der Waals surface area contributed by atoms with Crippen LogP contribution in [0.4, 0.5) is 0 Å². The molecule has 0 aliphatic carbocycles. The summed E-state index contributed by atoms with van der Waals surface area (Å²) in [5.41, 5.74) is 4.18. The Hall–Kier alpha value is -2.54. The Morgan fingerprint density at radius 2 is 2.04 bits per heavy atom. The van der Waals surface area contributed by atoms with Gasteiger partial charge < -0.3 is 4.74 Å². The van der Waals surface area contributed by atoms with Gasteiger partial charge in [-0.1, -0.05) is 6.07 Å². The van der Waals surface area contributed by atoms with E-state index in [1.54, 1.807) is 0 Å². The summed E-state index contributed by atoms with van der Waals surface area (Å²) in [5.74, 6) is 0. The Morgan fingerprint density at radius 3 is 2.86 bits per heavy atom. The zero-order chi connectivity index (χ0) is 18.9. The average molecular weight is 391 g/mol. The molecule has 0 aromatic carbocycles. The highest BCUT2D eigenvalue weighted by Crippen LogP contribution is 2.27. The molecule has 1 fully saturated rings. The second-order valence-corrected chi connectivity index (χ2v) is 8.52. The highest BCUT2D eigenvalue weighted by Gasteiger charge is 2.25. The summed E-state index contributed by atoms with van der Waals surface area (Å²) in [7, 11) is 0. The first-order valence-corrected chi connectivity index (χ1v) is 10.4. The molecule has 142 valence electrons. The molecule has 0 amide bonds. The summed E-state index contributed by atoms with van der Waals surface area (Å²) in [5, 5.41) is 0. The van der Waals surface area contributed by atoms with E-state index < -0.39 is 0 Å². The number of aromatic nitrogens is 3. The number of morpholine rings is 1. The van der Waals surface area contributed by atoms with Gasteiger partial charge in [-0.15, -0.1) is 11.3 Å². The van der Waals surface area contributed by atoms with Crippen LogP contribution in [0.3, 0.4) is 0 Å². The SMILES string of the molecule is Cc1ccc(CN2CCO[C@H](c3cn4c(-c5ccncc5)cccc4n3)C2)s1. The topological polar surface area (TPSA) is 42.7 Å². The van der Waals surface area contributed by atoms with Crippen LogP contribution in [0.15, 0.2) is 61.1 Å². The van der Waals surface area contributed by atoms with Crippen molar-refractivity contribution in [3.8, 4) is 11.3 Å². The molecule has 4 aromatic heterocycles. The molecule has 5 nitrogen and oxygen atoms in total. The zero-order valence-corrected chi connectivity index (χ0v) is 16.6. The van der Waals surface area contributed by atoms with E-state index in [4.69, 9.17) is 9.72 Å². The fourth-order valence-electron chi connectivity index (χ4n) is 3.76. The maximum absolute atomic E-state index is 6.09. The lowest BCUT2D eigenvalue weighted by Gasteiger charge is -2.31. The number of imidazole rings is 1. The van der Waals surface area contributed by atoms with Crippen molar-refractivity contribution in [3.63, 3.8) is 0 Å². The first kappa shape index (κ1) is 17.6. The number of ether oxygens (including phenoxy) is 1. The van der Waals surface area contributed by atoms with E-state index >= 15 is 0 Å². The van der Waals surface area contributed by atoms with Crippen LogP contribution in [0, 0.1) is 6.92 Å². The van der Waals surface area contributed by atoms with Crippen LogP contribution in [0.5, 0.6) is 0 Å². The minimum atomic E-state index is -0.000000735. The van der Waals surface area contributed by atoms with Gasteiger partial charge >= 0.3 is 0 Å². The minimum absolute atomic E-state index is 0.000000735. The molecule has 1 aliphatic heterocycles. The Labute approximate surface area is 168 Å². The van der Waals surface area contributed by atoms with Crippen molar-refractivity contribution < 1.29 is 4.74 Å². The molecule has 0 saturated carbocycles. The van der Waals surface area contributed by atoms with E-state index in [9.17, 15) is 0 Å². The molecule has 1 saturated heterocycles. The largest absolute Gasteiger partial charge is 0.369 e. The van der Waals surface area contributed by atoms with E-state index in [-0.39, 0.29) is 6.10 Å². The number of aryl methyl sites for hydroxylation is 1. The number of hydrogen-bond donors (Lipinski definition) is 0. The van der Waals surface area contributed by atoms with Crippen LogP contribution < -0.4 is 0 Å². The monoisotopic (exact) mass is 390 g/mol. The normalized spacial score (nSPS) is 18.0. The number of pyridine rings is 2. The number of thiophene rings is 1. The molecule has 1 atom stereocenters. The molecule has 5 rings (SSSR count). The lowest BCUT2D eigenvalue weighted by molar-refractivity contribution is -0.0344. The first-order valence-electron chi connectivity index (χ1n) is 9.54. The van der Waals surface area contributed by atoms with E-state index in [0.717, 1.165) is 48.8 Å². The quantitative estimate of drug-likeness (QED) is 0.520. The van der Waals surface area contributed by atoms with Crippen LogP contribution >= 0.6 is 11.3 Å². The maximum Gasteiger partial charge on any atom is 0.137 e. The molecule has 4 aromatic rings. The van der Waals surface area contributed by atoms with Crippen LogP contribution in [-0.4, -0.2) is 39.0 Å². The highest BCUT2D eigenvalue weighted by molar-refractivity contribution is 7.11. The fraction of sp³-hybridized carbons (Fsp3) is 0.273. The van der Waals surface area contributed by atoms with Crippen molar-refractivity contribution in [2.75, 3.05) is 19.7 Å². The van der Waals surface area contributed by atoms with E-state index in [1.165, 1.54) is 9.75 Å². The third-order valence-electron chi connectivity index (χ3n) is 5.14. The number of fused-ring (bicyclic) bond motifs is 1. The third-order valence-corrected chi connectivity index (χ3v) is 6.13. The second kappa shape index (κ2) is 7.47. The Bertz CT molecular complexity index is 1090. The van der Waals surface area contributed by atoms with Crippen molar-refractivity contribution in [2.24, 2.45) is 0 Å². The molecule has 6 heteroatoms. The van der Waals surface area contributed by atoms with Gasteiger partial charge in [0, 0.05) is 53.5 Å². The lowest BCUT2D eigenvalue weighted by Crippen LogP contribution is -2.37. The van der Waals surface area contributed by atoms with E-state index in [2.05, 4.69) is 51.7 Å². The van der Waals surface area contributed by atoms with Gasteiger partial charge in [-0.25, -0.2) is 4.98 Å². The van der Waals surface area contributed by atoms with Gasteiger partial charge in [-0.3, -0.25) is 14.3 Å². The van der Waals surface area contributed by atoms with Gasteiger partial charge in [-0.05, 0) is 43.3 Å². The van der Waals surface area contributed by atoms with Crippen molar-refractivity contribution in [1.82, 2.24) is 19.3 Å². The van der Waals surface area contributed by atoms with Gasteiger partial charge in [0.2, 0.25) is 0 Å². The number of nitrogens with zero attached hydrogens (tertiary/aromatic N) is 4. The molecule has 5 heterocycles. The predicted octanol–water partition coefficient (Wildman–Crippen LogP) is 4.34. The van der Waals surface area contributed by atoms with Gasteiger partial charge in [0.25, 0.3) is 0 Å². The molecule has 0 unspecified atom stereocenters. The van der Waals surface area contributed by atoms with E-state index in [1.807, 2.05) is 41.9 Å². The Kier molecular flexibility index (Phi) is 4.68. The molecular formula is C22H22N4OS. The van der Waals surface area contributed by atoms with Crippen LogP contribution in [0.1, 0.15) is 21.6 Å². The van der Waals surface area contributed by atoms with E-state index in [0.29, 0.717) is 0 Å². The van der Waals surface area contributed by atoms with Crippen molar-refractivity contribution >= 4 is 17.0 Å². The minimum Gasteiger partial charge on any atom is -0.369 e. The van der Waals surface area contributed by atoms with Crippen LogP contribution in [0.25, 0.3) is 16.9 Å². The summed E-state index contributed by atoms with van der Waals surface area (Å²) in [6.45, 7) is 5.70. The van der Waals surface area contributed by atoms with Crippen LogP contribution in [0.2, 0.25) is 0 Å². The van der Waals surface area contributed by atoms with Crippen molar-refractivity contribution in [1.29, 1.82) is 0 Å². The summed E-state index contributed by atoms with van der Waals surface area (Å²) in [4.78, 5) is 14.2. The summed E-state index contributed by atoms with van der Waals surface area (Å²) < 4.78 is 8.24. The smallest absolute Gasteiger partial charge is 0.137 e. The summed E-state index contributed by atoms with van der Waals surface area (Å²) >= 11 is 1.87. The summed E-state index contributed by atoms with van der Waals surface area (Å²) in [6, 6.07) is 14.7. The number of rotatable bonds is 4. The first-order chi connectivity index (χ1) is 13.8. The Morgan fingerprint density at radius 1 is 1.14 bits per heavy atom. The molecular weight excluding hydrogens is 368 g/mol. The Balaban J connectivity index is 1.41. The lowest BCUT2D eigenvalue weighted by atomic mass is 10.2. The third kappa shape index (κ3) is 3.46. The van der Waals surface area contributed by atoms with Crippen molar-refractivity contribution in [2.45, 2.75) is 19.6 Å². The maximum atomic E-state index is 6.09. The van der Waals surface area contributed by atoms with Gasteiger partial charge in [0.1, 0.15) is 11.8 Å². The fourth-order valence-corrected chi connectivity index (χ4v) is 4.69. The standard InChI is InChI=1S/C22H22N4OS/c1-16-5-6-18(28-16)13-25-11-12-27-21(15-25)19-14-26-20(3-2-4-22(26)24-19)17-7-9-23-10-8-17/h2-10,14,21H,11-13,15H2,1H3/t21-/m0/s1. The molecule has 1 aliphatic rings. The predicted molar refractivity (Wildman–Crippen MR) is 111 cm³/mol. The summed E-state index contributed by atoms with van der Waals surface area (Å²) in [6.07, 6.45) is 5.76. The molecule has 0 N–H and O–H groups in total. The second-order valence-electron chi connectivity index (χ2n) is 7.15.